The van der Waals surface area contributed by atoms with Crippen LogP contribution in [0.15, 0.2) is 40.3 Å². The Bertz CT molecular complexity index is 842. The molecule has 116 valence electrons. The van der Waals surface area contributed by atoms with Gasteiger partial charge in [0.25, 0.3) is 0 Å². The number of carbonyl (C=O) groups excluding carboxylic acids is 1. The number of nitrogens with zero attached hydrogens (tertiary/aromatic N) is 1. The lowest BCUT2D eigenvalue weighted by Gasteiger charge is -2.19. The Kier molecular flexibility index (Phi) is 3.55. The topological polar surface area (TPSA) is 57.1 Å². The third-order valence-electron chi connectivity index (χ3n) is 3.28. The lowest BCUT2D eigenvalue weighted by Crippen LogP contribution is -2.15. The summed E-state index contributed by atoms with van der Waals surface area (Å²) in [6.07, 6.45) is 1.62. The maximum Gasteiger partial charge on any atom is 0.363 e. The number of benzene rings is 1. The molecule has 0 unspecified atom stereocenters. The smallest absolute Gasteiger partial charge is 0.363 e. The number of aliphatic imine (C=N–C) groups is 1. The third-order valence-corrected chi connectivity index (χ3v) is 4.41. The Hall–Kier alpha value is -2.31. The van der Waals surface area contributed by atoms with Gasteiger partial charge >= 0.3 is 5.97 Å². The van der Waals surface area contributed by atoms with Crippen molar-refractivity contribution in [3.8, 4) is 11.5 Å². The van der Waals surface area contributed by atoms with E-state index in [1.807, 2.05) is 17.5 Å². The zero-order valence-corrected chi connectivity index (χ0v) is 13.3. The zero-order chi connectivity index (χ0) is 15.8. The first-order valence-electron chi connectivity index (χ1n) is 6.86. The number of rotatable bonds is 2. The van der Waals surface area contributed by atoms with Crippen LogP contribution < -0.4 is 9.47 Å². The van der Waals surface area contributed by atoms with Crippen LogP contribution in [0.4, 0.5) is 0 Å². The van der Waals surface area contributed by atoms with E-state index in [0.29, 0.717) is 41.2 Å². The molecule has 0 amide bonds. The fourth-order valence-corrected chi connectivity index (χ4v) is 3.21. The monoisotopic (exact) mass is 347 g/mol. The van der Waals surface area contributed by atoms with E-state index < -0.39 is 5.97 Å². The van der Waals surface area contributed by atoms with Crippen LogP contribution in [0.2, 0.25) is 5.02 Å². The number of hydrogen-bond donors (Lipinski definition) is 0. The van der Waals surface area contributed by atoms with Gasteiger partial charge in [0.05, 0.1) is 9.90 Å². The Morgan fingerprint density at radius 1 is 1.26 bits per heavy atom. The maximum atomic E-state index is 12.0. The highest BCUT2D eigenvalue weighted by atomic mass is 35.5. The van der Waals surface area contributed by atoms with Gasteiger partial charge in [-0.3, -0.25) is 0 Å². The molecule has 4 rings (SSSR count). The van der Waals surface area contributed by atoms with Crippen molar-refractivity contribution in [3.05, 3.63) is 50.8 Å². The van der Waals surface area contributed by atoms with E-state index in [4.69, 9.17) is 25.8 Å². The molecular weight excluding hydrogens is 338 g/mol. The molecule has 0 aliphatic carbocycles. The summed E-state index contributed by atoms with van der Waals surface area (Å²) in [4.78, 5) is 17.0. The molecule has 0 N–H and O–H groups in total. The second-order valence-electron chi connectivity index (χ2n) is 4.84. The Balaban J connectivity index is 1.70. The number of ether oxygens (including phenoxy) is 3. The van der Waals surface area contributed by atoms with Crippen LogP contribution in [-0.4, -0.2) is 25.1 Å². The van der Waals surface area contributed by atoms with Crippen LogP contribution in [0, 0.1) is 0 Å². The van der Waals surface area contributed by atoms with Gasteiger partial charge < -0.3 is 14.2 Å². The van der Waals surface area contributed by atoms with Crippen LogP contribution in [-0.2, 0) is 9.53 Å². The number of carbonyl (C=O) groups is 1. The van der Waals surface area contributed by atoms with Crippen molar-refractivity contribution >= 4 is 40.9 Å². The van der Waals surface area contributed by atoms with Crippen molar-refractivity contribution in [2.45, 2.75) is 0 Å². The summed E-state index contributed by atoms with van der Waals surface area (Å²) in [6, 6.07) is 7.19. The van der Waals surface area contributed by atoms with Crippen LogP contribution >= 0.6 is 22.9 Å². The largest absolute Gasteiger partial charge is 0.486 e. The van der Waals surface area contributed by atoms with Crippen LogP contribution in [0.1, 0.15) is 10.4 Å². The van der Waals surface area contributed by atoms with Gasteiger partial charge in [0.2, 0.25) is 5.90 Å². The van der Waals surface area contributed by atoms with Gasteiger partial charge in [-0.2, -0.15) is 0 Å². The zero-order valence-electron chi connectivity index (χ0n) is 11.7. The van der Waals surface area contributed by atoms with Crippen molar-refractivity contribution < 1.29 is 19.0 Å². The summed E-state index contributed by atoms with van der Waals surface area (Å²) >= 11 is 7.65. The van der Waals surface area contributed by atoms with Crippen molar-refractivity contribution in [1.82, 2.24) is 0 Å². The van der Waals surface area contributed by atoms with Gasteiger partial charge in [0, 0.05) is 0 Å². The molecule has 0 saturated carbocycles. The molecular formula is C16H10ClNO4S. The number of fused-ring (bicyclic) bond motifs is 1. The summed E-state index contributed by atoms with van der Waals surface area (Å²) in [6.45, 7) is 0.931. The minimum Gasteiger partial charge on any atom is -0.486 e. The quantitative estimate of drug-likeness (QED) is 0.616. The summed E-state index contributed by atoms with van der Waals surface area (Å²) in [5, 5.41) is 2.33. The normalized spacial score (nSPS) is 18.0. The number of cyclic esters (lactones) is 1. The number of halogens is 1. The second-order valence-corrected chi connectivity index (χ2v) is 6.20. The van der Waals surface area contributed by atoms with E-state index in [1.54, 1.807) is 18.2 Å². The molecule has 5 nitrogen and oxygen atoms in total. The second kappa shape index (κ2) is 5.72. The molecule has 0 atom stereocenters. The number of thiophene rings is 1. The SMILES string of the molecule is O=C1OC(c2cccs2)=N/C1=C\c1cc(Cl)c2c(c1)OCCO2. The fourth-order valence-electron chi connectivity index (χ4n) is 2.29. The molecule has 23 heavy (non-hydrogen) atoms. The van der Waals surface area contributed by atoms with Crippen LogP contribution in [0.3, 0.4) is 0 Å². The summed E-state index contributed by atoms with van der Waals surface area (Å²) in [5.74, 6) is 0.917. The van der Waals surface area contributed by atoms with E-state index in [2.05, 4.69) is 4.99 Å². The summed E-state index contributed by atoms with van der Waals surface area (Å²) < 4.78 is 16.2. The summed E-state index contributed by atoms with van der Waals surface area (Å²) in [7, 11) is 0. The van der Waals surface area contributed by atoms with E-state index >= 15 is 0 Å². The van der Waals surface area contributed by atoms with Crippen molar-refractivity contribution in [1.29, 1.82) is 0 Å². The number of hydrogen-bond acceptors (Lipinski definition) is 6. The highest BCUT2D eigenvalue weighted by Crippen LogP contribution is 2.39. The van der Waals surface area contributed by atoms with Crippen molar-refractivity contribution in [3.63, 3.8) is 0 Å². The van der Waals surface area contributed by atoms with Crippen molar-refractivity contribution in [2.24, 2.45) is 4.99 Å². The molecule has 2 aliphatic heterocycles. The first-order chi connectivity index (χ1) is 11.2. The molecule has 7 heteroatoms. The van der Waals surface area contributed by atoms with Gasteiger partial charge in [0.1, 0.15) is 13.2 Å². The first-order valence-corrected chi connectivity index (χ1v) is 8.12. The van der Waals surface area contributed by atoms with E-state index in [0.717, 1.165) is 4.88 Å². The van der Waals surface area contributed by atoms with E-state index in [1.165, 1.54) is 11.3 Å². The molecule has 0 fully saturated rings. The molecule has 2 aromatic rings. The lowest BCUT2D eigenvalue weighted by atomic mass is 10.1. The molecule has 3 heterocycles. The highest BCUT2D eigenvalue weighted by Gasteiger charge is 2.25. The minimum atomic E-state index is -0.487. The van der Waals surface area contributed by atoms with Gasteiger partial charge in [-0.05, 0) is 35.2 Å². The predicted octanol–water partition coefficient (Wildman–Crippen LogP) is 3.52. The Morgan fingerprint density at radius 3 is 2.96 bits per heavy atom. The van der Waals surface area contributed by atoms with Crippen molar-refractivity contribution in [2.75, 3.05) is 13.2 Å². The third kappa shape index (κ3) is 2.71. The molecule has 0 radical (unpaired) electrons. The average Bonchev–Trinajstić information content (AvgIpc) is 3.18. The number of esters is 1. The fraction of sp³-hybridized carbons (Fsp3) is 0.125. The standard InChI is InChI=1S/C16H10ClNO4S/c17-10-6-9(8-12-14(10)21-4-3-20-12)7-11-16(19)22-15(18-11)13-2-1-5-23-13/h1-2,5-8H,3-4H2/b11-7-. The average molecular weight is 348 g/mol. The van der Waals surface area contributed by atoms with Gasteiger partial charge in [-0.1, -0.05) is 17.7 Å². The molecule has 0 spiro atoms. The Morgan fingerprint density at radius 2 is 2.13 bits per heavy atom. The van der Waals surface area contributed by atoms with Crippen LogP contribution in [0.25, 0.3) is 6.08 Å². The summed E-state index contributed by atoms with van der Waals surface area (Å²) in [5.41, 5.74) is 0.920. The molecule has 1 aromatic carbocycles. The Labute approximate surface area is 140 Å². The van der Waals surface area contributed by atoms with Gasteiger partial charge in [-0.15, -0.1) is 11.3 Å². The molecule has 2 aliphatic rings. The van der Waals surface area contributed by atoms with E-state index in [-0.39, 0.29) is 5.70 Å². The predicted molar refractivity (Wildman–Crippen MR) is 87.4 cm³/mol. The lowest BCUT2D eigenvalue weighted by molar-refractivity contribution is -0.129. The van der Waals surface area contributed by atoms with E-state index in [9.17, 15) is 4.79 Å². The minimum absolute atomic E-state index is 0.223. The highest BCUT2D eigenvalue weighted by molar-refractivity contribution is 7.12. The molecule has 0 saturated heterocycles. The first kappa shape index (κ1) is 14.3. The maximum absolute atomic E-state index is 12.0. The molecule has 0 bridgehead atoms. The van der Waals surface area contributed by atoms with Gasteiger partial charge in [-0.25, -0.2) is 9.79 Å². The van der Waals surface area contributed by atoms with Gasteiger partial charge in [0.15, 0.2) is 17.2 Å². The van der Waals surface area contributed by atoms with Crippen LogP contribution in [0.5, 0.6) is 11.5 Å². The molecule has 1 aromatic heterocycles.